The first kappa shape index (κ1) is 13.3. The number of rotatable bonds is 7. The molecule has 0 spiro atoms. The van der Waals surface area contributed by atoms with Crippen molar-refractivity contribution in [2.24, 2.45) is 5.92 Å². The second-order valence-corrected chi connectivity index (χ2v) is 5.75. The highest BCUT2D eigenvalue weighted by atomic mass is 32.2. The van der Waals surface area contributed by atoms with Crippen LogP contribution in [0.5, 0.6) is 0 Å². The Morgan fingerprint density at radius 1 is 1.33 bits per heavy atom. The summed E-state index contributed by atoms with van der Waals surface area (Å²) in [6.45, 7) is 4.41. The van der Waals surface area contributed by atoms with Crippen LogP contribution in [0.4, 0.5) is 0 Å². The lowest BCUT2D eigenvalue weighted by Crippen LogP contribution is -2.34. The Hall–Kier alpha value is 0.270. The van der Waals surface area contributed by atoms with Crippen LogP contribution < -0.4 is 5.32 Å². The second kappa shape index (κ2) is 8.43. The zero-order valence-corrected chi connectivity index (χ0v) is 10.9. The van der Waals surface area contributed by atoms with Gasteiger partial charge >= 0.3 is 0 Å². The molecule has 3 heteroatoms. The van der Waals surface area contributed by atoms with Gasteiger partial charge in [0.25, 0.3) is 0 Å². The third-order valence-corrected chi connectivity index (χ3v) is 4.00. The minimum Gasteiger partial charge on any atom is -0.384 e. The summed E-state index contributed by atoms with van der Waals surface area (Å²) in [6.07, 6.45) is 5.60. The number of nitrogens with one attached hydrogen (secondary N) is 1. The van der Waals surface area contributed by atoms with Gasteiger partial charge in [-0.05, 0) is 18.8 Å². The smallest absolute Gasteiger partial charge is 0.0552 e. The van der Waals surface area contributed by atoms with Crippen molar-refractivity contribution >= 4 is 11.8 Å². The van der Waals surface area contributed by atoms with Crippen LogP contribution in [0.2, 0.25) is 0 Å². The van der Waals surface area contributed by atoms with E-state index in [-0.39, 0.29) is 0 Å². The topological polar surface area (TPSA) is 21.3 Å². The summed E-state index contributed by atoms with van der Waals surface area (Å²) in [5, 5.41) is 3.67. The Labute approximate surface area is 98.5 Å². The van der Waals surface area contributed by atoms with Gasteiger partial charge < -0.3 is 10.1 Å². The number of hydrogen-bond donors (Lipinski definition) is 1. The van der Waals surface area contributed by atoms with Crippen molar-refractivity contribution in [2.75, 3.05) is 31.8 Å². The second-order valence-electron chi connectivity index (χ2n) is 4.53. The van der Waals surface area contributed by atoms with Crippen molar-refractivity contribution in [2.45, 2.75) is 38.6 Å². The summed E-state index contributed by atoms with van der Waals surface area (Å²) < 4.78 is 5.01. The predicted octanol–water partition coefficient (Wildman–Crippen LogP) is 2.53. The summed E-state index contributed by atoms with van der Waals surface area (Å²) in [4.78, 5) is 0. The monoisotopic (exact) mass is 231 g/mol. The molecule has 0 heterocycles. The maximum absolute atomic E-state index is 5.01. The summed E-state index contributed by atoms with van der Waals surface area (Å²) in [5.41, 5.74) is 0. The molecule has 1 saturated carbocycles. The van der Waals surface area contributed by atoms with E-state index in [9.17, 15) is 0 Å². The van der Waals surface area contributed by atoms with Crippen LogP contribution in [0.15, 0.2) is 0 Å². The molecule has 1 fully saturated rings. The molecule has 0 aliphatic heterocycles. The van der Waals surface area contributed by atoms with Gasteiger partial charge in [0, 0.05) is 31.2 Å². The van der Waals surface area contributed by atoms with E-state index in [4.69, 9.17) is 4.74 Å². The molecule has 2 unspecified atom stereocenters. The van der Waals surface area contributed by atoms with E-state index in [1.165, 1.54) is 31.4 Å². The fourth-order valence-corrected chi connectivity index (χ4v) is 2.95. The lowest BCUT2D eigenvalue weighted by atomic mass is 9.87. The maximum Gasteiger partial charge on any atom is 0.0552 e. The van der Waals surface area contributed by atoms with E-state index in [0.717, 1.165) is 30.9 Å². The SMILES string of the molecule is COCCSCCNC1CCCC(C)C1. The molecule has 0 bridgehead atoms. The Morgan fingerprint density at radius 2 is 2.20 bits per heavy atom. The zero-order valence-electron chi connectivity index (χ0n) is 10.1. The maximum atomic E-state index is 5.01. The quantitative estimate of drug-likeness (QED) is 0.680. The normalized spacial score (nSPS) is 26.8. The number of methoxy groups -OCH3 is 1. The molecule has 1 aliphatic carbocycles. The minimum absolute atomic E-state index is 0.789. The van der Waals surface area contributed by atoms with Gasteiger partial charge in [0.2, 0.25) is 0 Å². The van der Waals surface area contributed by atoms with Gasteiger partial charge in [-0.25, -0.2) is 0 Å². The molecular weight excluding hydrogens is 206 g/mol. The fourth-order valence-electron chi connectivity index (χ4n) is 2.20. The van der Waals surface area contributed by atoms with E-state index in [1.807, 2.05) is 11.8 Å². The molecule has 2 nitrogen and oxygen atoms in total. The average Bonchev–Trinajstić information content (AvgIpc) is 2.23. The first-order chi connectivity index (χ1) is 7.33. The molecule has 1 rings (SSSR count). The van der Waals surface area contributed by atoms with Crippen molar-refractivity contribution in [3.63, 3.8) is 0 Å². The molecule has 90 valence electrons. The summed E-state index contributed by atoms with van der Waals surface area (Å²) in [7, 11) is 1.77. The highest BCUT2D eigenvalue weighted by molar-refractivity contribution is 7.99. The minimum atomic E-state index is 0.789. The lowest BCUT2D eigenvalue weighted by Gasteiger charge is -2.27. The van der Waals surface area contributed by atoms with Crippen molar-refractivity contribution in [1.29, 1.82) is 0 Å². The highest BCUT2D eigenvalue weighted by Crippen LogP contribution is 2.23. The van der Waals surface area contributed by atoms with Crippen LogP contribution in [0.3, 0.4) is 0 Å². The first-order valence-corrected chi connectivity index (χ1v) is 7.28. The largest absolute Gasteiger partial charge is 0.384 e. The Morgan fingerprint density at radius 3 is 2.93 bits per heavy atom. The van der Waals surface area contributed by atoms with E-state index >= 15 is 0 Å². The standard InChI is InChI=1S/C12H25NOS/c1-11-4-3-5-12(10-11)13-6-8-15-9-7-14-2/h11-13H,3-10H2,1-2H3. The third-order valence-electron chi connectivity index (χ3n) is 3.05. The zero-order chi connectivity index (χ0) is 10.9. The average molecular weight is 231 g/mol. The van der Waals surface area contributed by atoms with Gasteiger partial charge in [0.15, 0.2) is 0 Å². The molecular formula is C12H25NOS. The molecule has 0 saturated heterocycles. The van der Waals surface area contributed by atoms with E-state index in [0.29, 0.717) is 0 Å². The first-order valence-electron chi connectivity index (χ1n) is 6.13. The highest BCUT2D eigenvalue weighted by Gasteiger charge is 2.17. The number of ether oxygens (including phenoxy) is 1. The Balaban J connectivity index is 1.90. The molecule has 0 aromatic heterocycles. The molecule has 2 atom stereocenters. The van der Waals surface area contributed by atoms with Gasteiger partial charge in [0.05, 0.1) is 6.61 Å². The molecule has 0 aromatic carbocycles. The summed E-state index contributed by atoms with van der Waals surface area (Å²) in [5.74, 6) is 3.27. The van der Waals surface area contributed by atoms with Crippen LogP contribution >= 0.6 is 11.8 Å². The number of hydrogen-bond acceptors (Lipinski definition) is 3. The molecule has 0 radical (unpaired) electrons. The van der Waals surface area contributed by atoms with E-state index < -0.39 is 0 Å². The van der Waals surface area contributed by atoms with Gasteiger partial charge in [-0.3, -0.25) is 0 Å². The van der Waals surface area contributed by atoms with Crippen molar-refractivity contribution in [3.8, 4) is 0 Å². The van der Waals surface area contributed by atoms with Crippen molar-refractivity contribution < 1.29 is 4.74 Å². The molecule has 0 amide bonds. The molecule has 1 N–H and O–H groups in total. The van der Waals surface area contributed by atoms with Gasteiger partial charge in [-0.2, -0.15) is 11.8 Å². The van der Waals surface area contributed by atoms with Crippen molar-refractivity contribution in [1.82, 2.24) is 5.32 Å². The van der Waals surface area contributed by atoms with Crippen LogP contribution in [0, 0.1) is 5.92 Å². The Kier molecular flexibility index (Phi) is 7.49. The van der Waals surface area contributed by atoms with Gasteiger partial charge in [-0.1, -0.05) is 19.8 Å². The van der Waals surface area contributed by atoms with E-state index in [1.54, 1.807) is 7.11 Å². The predicted molar refractivity (Wildman–Crippen MR) is 68.6 cm³/mol. The van der Waals surface area contributed by atoms with Crippen LogP contribution in [0.25, 0.3) is 0 Å². The third kappa shape index (κ3) is 6.44. The lowest BCUT2D eigenvalue weighted by molar-refractivity contribution is 0.218. The van der Waals surface area contributed by atoms with Crippen LogP contribution in [-0.2, 0) is 4.74 Å². The van der Waals surface area contributed by atoms with Gasteiger partial charge in [0.1, 0.15) is 0 Å². The van der Waals surface area contributed by atoms with Crippen molar-refractivity contribution in [3.05, 3.63) is 0 Å². The Bertz CT molecular complexity index is 155. The summed E-state index contributed by atoms with van der Waals surface area (Å²) >= 11 is 1.98. The van der Waals surface area contributed by atoms with Crippen LogP contribution in [0.1, 0.15) is 32.6 Å². The van der Waals surface area contributed by atoms with E-state index in [2.05, 4.69) is 12.2 Å². The number of thioether (sulfide) groups is 1. The van der Waals surface area contributed by atoms with Gasteiger partial charge in [-0.15, -0.1) is 0 Å². The summed E-state index contributed by atoms with van der Waals surface area (Å²) in [6, 6.07) is 0.789. The van der Waals surface area contributed by atoms with Crippen LogP contribution in [-0.4, -0.2) is 37.8 Å². The molecule has 15 heavy (non-hydrogen) atoms. The fraction of sp³-hybridized carbons (Fsp3) is 1.00. The molecule has 0 aromatic rings. The molecule has 1 aliphatic rings.